The van der Waals surface area contributed by atoms with Crippen molar-refractivity contribution in [3.63, 3.8) is 0 Å². The number of nitrogens with one attached hydrogen (secondary N) is 2. The first kappa shape index (κ1) is 15.1. The minimum Gasteiger partial charge on any atom is -0.330 e. The Bertz CT molecular complexity index is 473. The average Bonchev–Trinajstić information content (AvgIpc) is 2.34. The summed E-state index contributed by atoms with van der Waals surface area (Å²) in [6.07, 6.45) is 0.579. The number of nitrogens with two attached hydrogens (primary N) is 1. The highest BCUT2D eigenvalue weighted by atomic mass is 19.1. The summed E-state index contributed by atoms with van der Waals surface area (Å²) in [6, 6.07) is 3.98. The van der Waals surface area contributed by atoms with Crippen molar-refractivity contribution in [3.8, 4) is 0 Å². The van der Waals surface area contributed by atoms with Crippen LogP contribution in [0.25, 0.3) is 0 Å². The third-order valence-corrected chi connectivity index (χ3v) is 2.69. The number of hydrogen-bond acceptors (Lipinski definition) is 3. The van der Waals surface area contributed by atoms with Crippen molar-refractivity contribution in [2.75, 3.05) is 17.2 Å². The van der Waals surface area contributed by atoms with Gasteiger partial charge in [0, 0.05) is 19.2 Å². The second-order valence-corrected chi connectivity index (χ2v) is 4.21. The third kappa shape index (κ3) is 4.33. The van der Waals surface area contributed by atoms with Gasteiger partial charge in [-0.15, -0.1) is 0 Å². The summed E-state index contributed by atoms with van der Waals surface area (Å²) < 4.78 is 13.6. The zero-order valence-corrected chi connectivity index (χ0v) is 11.0. The molecule has 1 aromatic carbocycles. The van der Waals surface area contributed by atoms with Crippen molar-refractivity contribution in [2.24, 2.45) is 11.7 Å². The van der Waals surface area contributed by atoms with Gasteiger partial charge in [0.15, 0.2) is 0 Å². The van der Waals surface area contributed by atoms with Gasteiger partial charge in [0.1, 0.15) is 5.82 Å². The van der Waals surface area contributed by atoms with Crippen LogP contribution in [0.4, 0.5) is 15.8 Å². The summed E-state index contributed by atoms with van der Waals surface area (Å²) in [4.78, 5) is 22.7. The zero-order valence-electron chi connectivity index (χ0n) is 11.0. The largest absolute Gasteiger partial charge is 0.330 e. The molecule has 104 valence electrons. The monoisotopic (exact) mass is 267 g/mol. The minimum absolute atomic E-state index is 0.0307. The molecule has 1 unspecified atom stereocenters. The highest BCUT2D eigenvalue weighted by molar-refractivity contribution is 5.94. The van der Waals surface area contributed by atoms with E-state index in [2.05, 4.69) is 10.6 Å². The fourth-order valence-corrected chi connectivity index (χ4v) is 1.60. The molecular weight excluding hydrogens is 249 g/mol. The van der Waals surface area contributed by atoms with Crippen LogP contribution in [-0.4, -0.2) is 18.4 Å². The smallest absolute Gasteiger partial charge is 0.228 e. The van der Waals surface area contributed by atoms with Gasteiger partial charge < -0.3 is 16.4 Å². The topological polar surface area (TPSA) is 84.2 Å². The molecule has 1 aromatic rings. The molecule has 0 spiro atoms. The molecule has 0 aliphatic rings. The van der Waals surface area contributed by atoms with Gasteiger partial charge in [-0.2, -0.15) is 0 Å². The van der Waals surface area contributed by atoms with Crippen molar-refractivity contribution in [2.45, 2.75) is 20.3 Å². The minimum atomic E-state index is -0.561. The van der Waals surface area contributed by atoms with Crippen LogP contribution < -0.4 is 16.4 Å². The summed E-state index contributed by atoms with van der Waals surface area (Å²) in [5, 5.41) is 5.00. The maximum Gasteiger partial charge on any atom is 0.228 e. The maximum absolute atomic E-state index is 13.6. The lowest BCUT2D eigenvalue weighted by Crippen LogP contribution is -2.29. The summed E-state index contributed by atoms with van der Waals surface area (Å²) in [7, 11) is 0. The van der Waals surface area contributed by atoms with Gasteiger partial charge in [-0.25, -0.2) is 4.39 Å². The van der Waals surface area contributed by atoms with Crippen LogP contribution in [-0.2, 0) is 9.59 Å². The van der Waals surface area contributed by atoms with Crippen LogP contribution in [0.5, 0.6) is 0 Å². The van der Waals surface area contributed by atoms with E-state index >= 15 is 0 Å². The van der Waals surface area contributed by atoms with Crippen molar-refractivity contribution < 1.29 is 14.0 Å². The molecule has 5 nitrogen and oxygen atoms in total. The molecule has 0 aliphatic carbocycles. The number of carbonyl (C=O) groups excluding carboxylic acids is 2. The van der Waals surface area contributed by atoms with Crippen molar-refractivity contribution >= 4 is 23.2 Å². The number of hydrogen-bond donors (Lipinski definition) is 3. The van der Waals surface area contributed by atoms with Gasteiger partial charge in [0.2, 0.25) is 11.8 Å². The van der Waals surface area contributed by atoms with Crippen LogP contribution in [0, 0.1) is 11.7 Å². The van der Waals surface area contributed by atoms with Crippen molar-refractivity contribution in [1.29, 1.82) is 0 Å². The van der Waals surface area contributed by atoms with E-state index in [-0.39, 0.29) is 30.0 Å². The van der Waals surface area contributed by atoms with E-state index in [1.54, 1.807) is 0 Å². The molecule has 4 N–H and O–H groups in total. The lowest BCUT2D eigenvalue weighted by molar-refractivity contribution is -0.119. The van der Waals surface area contributed by atoms with Gasteiger partial charge in [0.05, 0.1) is 11.6 Å². The van der Waals surface area contributed by atoms with Crippen LogP contribution >= 0.6 is 0 Å². The van der Waals surface area contributed by atoms with E-state index < -0.39 is 5.82 Å². The Labute approximate surface area is 111 Å². The fraction of sp³-hybridized carbons (Fsp3) is 0.385. The van der Waals surface area contributed by atoms with Gasteiger partial charge in [-0.3, -0.25) is 9.59 Å². The first-order valence-electron chi connectivity index (χ1n) is 6.06. The van der Waals surface area contributed by atoms with E-state index in [9.17, 15) is 14.0 Å². The Morgan fingerprint density at radius 1 is 1.37 bits per heavy atom. The van der Waals surface area contributed by atoms with E-state index in [0.29, 0.717) is 12.1 Å². The summed E-state index contributed by atoms with van der Waals surface area (Å²) >= 11 is 0. The van der Waals surface area contributed by atoms with Crippen LogP contribution in [0.1, 0.15) is 20.3 Å². The normalized spacial score (nSPS) is 11.8. The number of benzene rings is 1. The molecule has 1 rings (SSSR count). The van der Waals surface area contributed by atoms with E-state index in [1.165, 1.54) is 25.1 Å². The van der Waals surface area contributed by atoms with E-state index in [4.69, 9.17) is 5.73 Å². The van der Waals surface area contributed by atoms with Crippen LogP contribution in [0.2, 0.25) is 0 Å². The van der Waals surface area contributed by atoms with Crippen LogP contribution in [0.15, 0.2) is 18.2 Å². The van der Waals surface area contributed by atoms with Gasteiger partial charge in [-0.05, 0) is 24.6 Å². The SMILES string of the molecule is CCC(CN)C(=O)Nc1cc(NC(C)=O)ccc1F. The van der Waals surface area contributed by atoms with Crippen molar-refractivity contribution in [3.05, 3.63) is 24.0 Å². The number of anilines is 2. The molecule has 2 amide bonds. The molecule has 6 heteroatoms. The zero-order chi connectivity index (χ0) is 14.4. The Hall–Kier alpha value is -1.95. The lowest BCUT2D eigenvalue weighted by Gasteiger charge is -2.14. The Morgan fingerprint density at radius 3 is 2.58 bits per heavy atom. The predicted octanol–water partition coefficient (Wildman–Crippen LogP) is 1.71. The first-order valence-corrected chi connectivity index (χ1v) is 6.06. The summed E-state index contributed by atoms with van der Waals surface area (Å²) in [6.45, 7) is 3.39. The molecule has 1 atom stereocenters. The average molecular weight is 267 g/mol. The standard InChI is InChI=1S/C13H18FN3O2/c1-3-9(7-15)13(19)17-12-6-10(16-8(2)18)4-5-11(12)14/h4-6,9H,3,7,15H2,1-2H3,(H,16,18)(H,17,19). The third-order valence-electron chi connectivity index (χ3n) is 2.69. The molecule has 0 aliphatic heterocycles. The van der Waals surface area contributed by atoms with E-state index in [0.717, 1.165) is 0 Å². The summed E-state index contributed by atoms with van der Waals surface area (Å²) in [5.41, 5.74) is 5.91. The number of rotatable bonds is 5. The van der Waals surface area contributed by atoms with Crippen LogP contribution in [0.3, 0.4) is 0 Å². The fourth-order valence-electron chi connectivity index (χ4n) is 1.60. The summed E-state index contributed by atoms with van der Waals surface area (Å²) in [5.74, 6) is -1.51. The van der Waals surface area contributed by atoms with Gasteiger partial charge in [0.25, 0.3) is 0 Å². The Balaban J connectivity index is 2.87. The molecule has 0 radical (unpaired) electrons. The van der Waals surface area contributed by atoms with Gasteiger partial charge >= 0.3 is 0 Å². The highest BCUT2D eigenvalue weighted by Crippen LogP contribution is 2.20. The highest BCUT2D eigenvalue weighted by Gasteiger charge is 2.16. The predicted molar refractivity (Wildman–Crippen MR) is 72.2 cm³/mol. The Kier molecular flexibility index (Phi) is 5.44. The molecular formula is C13H18FN3O2. The maximum atomic E-state index is 13.6. The number of halogens is 1. The second kappa shape index (κ2) is 6.84. The number of amides is 2. The van der Waals surface area contributed by atoms with Crippen molar-refractivity contribution in [1.82, 2.24) is 0 Å². The lowest BCUT2D eigenvalue weighted by atomic mass is 10.1. The molecule has 0 saturated heterocycles. The molecule has 0 heterocycles. The number of carbonyl (C=O) groups is 2. The van der Waals surface area contributed by atoms with Gasteiger partial charge in [-0.1, -0.05) is 6.92 Å². The Morgan fingerprint density at radius 2 is 2.05 bits per heavy atom. The molecule has 0 aromatic heterocycles. The molecule has 19 heavy (non-hydrogen) atoms. The second-order valence-electron chi connectivity index (χ2n) is 4.21. The van der Waals surface area contributed by atoms with E-state index in [1.807, 2.05) is 6.92 Å². The molecule has 0 bridgehead atoms. The molecule has 0 saturated carbocycles. The molecule has 0 fully saturated rings. The first-order chi connectivity index (χ1) is 8.97. The quantitative estimate of drug-likeness (QED) is 0.759.